The van der Waals surface area contributed by atoms with Crippen LogP contribution in [0.3, 0.4) is 0 Å². The summed E-state index contributed by atoms with van der Waals surface area (Å²) in [6.07, 6.45) is 1.92. The maximum atomic E-state index is 12.4. The van der Waals surface area contributed by atoms with Gasteiger partial charge in [-0.1, -0.05) is 30.3 Å². The van der Waals surface area contributed by atoms with Crippen LogP contribution < -0.4 is 10.1 Å². The summed E-state index contributed by atoms with van der Waals surface area (Å²) >= 11 is 1.53. The summed E-state index contributed by atoms with van der Waals surface area (Å²) < 4.78 is 5.78. The molecule has 0 aromatic heterocycles. The van der Waals surface area contributed by atoms with Crippen LogP contribution in [0.5, 0.6) is 11.5 Å². The number of hydrogen-bond acceptors (Lipinski definition) is 4. The van der Waals surface area contributed by atoms with Crippen molar-refractivity contribution in [2.24, 2.45) is 0 Å². The topological polar surface area (TPSA) is 58.6 Å². The highest BCUT2D eigenvalue weighted by Gasteiger charge is 2.22. The van der Waals surface area contributed by atoms with Crippen LogP contribution in [-0.4, -0.2) is 35.2 Å². The molecule has 0 fully saturated rings. The van der Waals surface area contributed by atoms with E-state index in [1.54, 1.807) is 25.1 Å². The van der Waals surface area contributed by atoms with Crippen LogP contribution in [0.1, 0.15) is 17.3 Å². The van der Waals surface area contributed by atoms with E-state index in [9.17, 15) is 9.90 Å². The molecule has 5 heteroatoms. The quantitative estimate of drug-likeness (QED) is 0.817. The second-order valence-electron chi connectivity index (χ2n) is 5.52. The van der Waals surface area contributed by atoms with Crippen LogP contribution in [-0.2, 0) is 0 Å². The highest BCUT2D eigenvalue weighted by molar-refractivity contribution is 7.98. The Kier molecular flexibility index (Phi) is 6.07. The summed E-state index contributed by atoms with van der Waals surface area (Å²) in [5.74, 6) is 1.44. The molecule has 1 unspecified atom stereocenters. The molecule has 2 rings (SSSR count). The first-order valence-corrected chi connectivity index (χ1v) is 8.73. The molecule has 0 saturated carbocycles. The van der Waals surface area contributed by atoms with Gasteiger partial charge in [-0.2, -0.15) is 11.8 Å². The van der Waals surface area contributed by atoms with Crippen molar-refractivity contribution in [3.63, 3.8) is 0 Å². The van der Waals surface area contributed by atoms with Crippen molar-refractivity contribution < 1.29 is 14.6 Å². The zero-order valence-electron chi connectivity index (χ0n) is 13.3. The van der Waals surface area contributed by atoms with Gasteiger partial charge in [0.05, 0.1) is 11.2 Å². The number of aliphatic hydroxyl groups is 1. The zero-order valence-corrected chi connectivity index (χ0v) is 14.1. The van der Waals surface area contributed by atoms with Gasteiger partial charge in [-0.3, -0.25) is 4.79 Å². The lowest BCUT2D eigenvalue weighted by Gasteiger charge is -2.22. The van der Waals surface area contributed by atoms with Crippen molar-refractivity contribution in [3.05, 3.63) is 60.2 Å². The molecule has 0 bridgehead atoms. The average Bonchev–Trinajstić information content (AvgIpc) is 2.54. The van der Waals surface area contributed by atoms with Gasteiger partial charge in [0.25, 0.3) is 5.91 Å². The first-order valence-electron chi connectivity index (χ1n) is 7.33. The van der Waals surface area contributed by atoms with Crippen LogP contribution in [0.4, 0.5) is 0 Å². The first kappa shape index (κ1) is 17.4. The van der Waals surface area contributed by atoms with E-state index in [4.69, 9.17) is 4.74 Å². The van der Waals surface area contributed by atoms with Crippen molar-refractivity contribution in [2.45, 2.75) is 12.5 Å². The fourth-order valence-corrected chi connectivity index (χ4v) is 2.81. The SMILES string of the molecule is CSCC(C)(O)CNC(=O)c1ccccc1Oc1ccccc1. The van der Waals surface area contributed by atoms with E-state index in [0.717, 1.165) is 0 Å². The third-order valence-corrected chi connectivity index (χ3v) is 4.10. The number of hydrogen-bond donors (Lipinski definition) is 2. The van der Waals surface area contributed by atoms with Crippen molar-refractivity contribution >= 4 is 17.7 Å². The van der Waals surface area contributed by atoms with Gasteiger partial charge in [0, 0.05) is 12.3 Å². The molecule has 0 saturated heterocycles. The van der Waals surface area contributed by atoms with Gasteiger partial charge in [0.1, 0.15) is 11.5 Å². The lowest BCUT2D eigenvalue weighted by molar-refractivity contribution is 0.0723. The Labute approximate surface area is 140 Å². The van der Waals surface area contributed by atoms with Gasteiger partial charge in [0.2, 0.25) is 0 Å². The molecule has 122 valence electrons. The minimum atomic E-state index is -0.940. The van der Waals surface area contributed by atoms with Crippen molar-refractivity contribution in [1.29, 1.82) is 0 Å². The molecule has 0 aliphatic rings. The minimum Gasteiger partial charge on any atom is -0.457 e. The van der Waals surface area contributed by atoms with Crippen LogP contribution in [0.2, 0.25) is 0 Å². The Balaban J connectivity index is 2.09. The van der Waals surface area contributed by atoms with Crippen LogP contribution in [0, 0.1) is 0 Å². The summed E-state index contributed by atoms with van der Waals surface area (Å²) in [7, 11) is 0. The summed E-state index contributed by atoms with van der Waals surface area (Å²) in [6.45, 7) is 1.89. The molecule has 2 aromatic rings. The Morgan fingerprint density at radius 1 is 1.17 bits per heavy atom. The van der Waals surface area contributed by atoms with E-state index < -0.39 is 5.60 Å². The Morgan fingerprint density at radius 2 is 1.83 bits per heavy atom. The Morgan fingerprint density at radius 3 is 2.52 bits per heavy atom. The van der Waals surface area contributed by atoms with E-state index in [1.165, 1.54) is 11.8 Å². The van der Waals surface area contributed by atoms with Gasteiger partial charge >= 0.3 is 0 Å². The molecule has 4 nitrogen and oxygen atoms in total. The standard InChI is InChI=1S/C18H21NO3S/c1-18(21,13-23-2)12-19-17(20)15-10-6-7-11-16(15)22-14-8-4-3-5-9-14/h3-11,21H,12-13H2,1-2H3,(H,19,20). The third kappa shape index (κ3) is 5.30. The summed E-state index contributed by atoms with van der Waals surface area (Å²) in [6, 6.07) is 16.4. The molecule has 23 heavy (non-hydrogen) atoms. The van der Waals surface area contributed by atoms with Gasteiger partial charge < -0.3 is 15.2 Å². The number of para-hydroxylation sites is 2. The molecular weight excluding hydrogens is 310 g/mol. The van der Waals surface area contributed by atoms with Crippen LogP contribution >= 0.6 is 11.8 Å². The largest absolute Gasteiger partial charge is 0.457 e. The van der Waals surface area contributed by atoms with Gasteiger partial charge in [-0.15, -0.1) is 0 Å². The minimum absolute atomic E-state index is 0.187. The summed E-state index contributed by atoms with van der Waals surface area (Å²) in [5.41, 5.74) is -0.499. The van der Waals surface area contributed by atoms with Crippen LogP contribution in [0.15, 0.2) is 54.6 Å². The molecule has 1 atom stereocenters. The first-order chi connectivity index (χ1) is 11.0. The van der Waals surface area contributed by atoms with Crippen molar-refractivity contribution in [3.8, 4) is 11.5 Å². The normalized spacial score (nSPS) is 13.2. The predicted molar refractivity (Wildman–Crippen MR) is 94.3 cm³/mol. The molecule has 0 radical (unpaired) electrons. The fourth-order valence-electron chi connectivity index (χ4n) is 2.09. The monoisotopic (exact) mass is 331 g/mol. The summed E-state index contributed by atoms with van der Waals surface area (Å²) in [5, 5.41) is 12.9. The van der Waals surface area contributed by atoms with Crippen molar-refractivity contribution in [1.82, 2.24) is 5.32 Å². The van der Waals surface area contributed by atoms with E-state index in [2.05, 4.69) is 5.32 Å². The van der Waals surface area contributed by atoms with Gasteiger partial charge in [-0.05, 0) is 37.4 Å². The maximum Gasteiger partial charge on any atom is 0.255 e. The molecule has 0 aliphatic carbocycles. The van der Waals surface area contributed by atoms with Gasteiger partial charge in [0.15, 0.2) is 0 Å². The Hall–Kier alpha value is -1.98. The molecule has 0 aliphatic heterocycles. The second kappa shape index (κ2) is 8.04. The second-order valence-corrected chi connectivity index (χ2v) is 6.39. The number of amides is 1. The molecule has 1 amide bonds. The van der Waals surface area contributed by atoms with E-state index >= 15 is 0 Å². The van der Waals surface area contributed by atoms with E-state index in [1.807, 2.05) is 42.7 Å². The summed E-state index contributed by atoms with van der Waals surface area (Å²) in [4.78, 5) is 12.4. The predicted octanol–water partition coefficient (Wildman–Crippen LogP) is 3.32. The lowest BCUT2D eigenvalue weighted by atomic mass is 10.1. The molecule has 0 spiro atoms. The zero-order chi connectivity index (χ0) is 16.7. The number of nitrogens with one attached hydrogen (secondary N) is 1. The molecular formula is C18H21NO3S. The number of thioether (sulfide) groups is 1. The highest BCUT2D eigenvalue weighted by atomic mass is 32.2. The molecule has 2 aromatic carbocycles. The third-order valence-electron chi connectivity index (χ3n) is 3.19. The average molecular weight is 331 g/mol. The number of carbonyl (C=O) groups excluding carboxylic acids is 1. The van der Waals surface area contributed by atoms with Crippen LogP contribution in [0.25, 0.3) is 0 Å². The van der Waals surface area contributed by atoms with E-state index in [-0.39, 0.29) is 12.5 Å². The molecule has 2 N–H and O–H groups in total. The number of rotatable bonds is 7. The number of ether oxygens (including phenoxy) is 1. The smallest absolute Gasteiger partial charge is 0.255 e. The van der Waals surface area contributed by atoms with Gasteiger partial charge in [-0.25, -0.2) is 0 Å². The highest BCUT2D eigenvalue weighted by Crippen LogP contribution is 2.25. The number of carbonyl (C=O) groups is 1. The Bertz CT molecular complexity index is 644. The van der Waals surface area contributed by atoms with Crippen molar-refractivity contribution in [2.75, 3.05) is 18.6 Å². The van der Waals surface area contributed by atoms with E-state index in [0.29, 0.717) is 22.8 Å². The maximum absolute atomic E-state index is 12.4. The lowest BCUT2D eigenvalue weighted by Crippen LogP contribution is -2.42. The number of benzene rings is 2. The fraction of sp³-hybridized carbons (Fsp3) is 0.278. The molecule has 0 heterocycles.